The molecule has 0 unspecified atom stereocenters. The molecule has 8 nitrogen and oxygen atoms in total. The van der Waals surface area contributed by atoms with Crippen LogP contribution in [0.1, 0.15) is 48.0 Å². The molecule has 3 aliphatic heterocycles. The number of hydrogen-bond donors (Lipinski definition) is 2. The van der Waals surface area contributed by atoms with Crippen molar-refractivity contribution >= 4 is 28.1 Å². The van der Waals surface area contributed by atoms with Crippen LogP contribution in [-0.4, -0.2) is 77.3 Å². The van der Waals surface area contributed by atoms with E-state index in [4.69, 9.17) is 9.47 Å². The van der Waals surface area contributed by atoms with E-state index < -0.39 is 0 Å². The van der Waals surface area contributed by atoms with Gasteiger partial charge in [0.2, 0.25) is 5.91 Å². The van der Waals surface area contributed by atoms with Crippen molar-refractivity contribution in [2.45, 2.75) is 43.7 Å². The number of carbonyl (C=O) groups excluding carboxylic acids is 1. The van der Waals surface area contributed by atoms with Crippen LogP contribution in [0.15, 0.2) is 29.8 Å². The van der Waals surface area contributed by atoms with Gasteiger partial charge in [0.1, 0.15) is 10.8 Å². The number of carbonyl (C=O) groups is 1. The molecule has 0 bridgehead atoms. The van der Waals surface area contributed by atoms with E-state index in [2.05, 4.69) is 20.9 Å². The van der Waals surface area contributed by atoms with E-state index >= 15 is 0 Å². The Kier molecular flexibility index (Phi) is 6.49. The highest BCUT2D eigenvalue weighted by molar-refractivity contribution is 7.09. The van der Waals surface area contributed by atoms with Crippen LogP contribution in [0.5, 0.6) is 5.75 Å². The maximum atomic E-state index is 13.9. The van der Waals surface area contributed by atoms with Crippen LogP contribution < -0.4 is 4.74 Å². The number of hydrogen-bond acceptors (Lipinski definition) is 7. The Morgan fingerprint density at radius 2 is 2.11 bits per heavy atom. The first-order valence-electron chi connectivity index (χ1n) is 12.9. The summed E-state index contributed by atoms with van der Waals surface area (Å²) in [5.41, 5.74) is 3.11. The highest BCUT2D eigenvalue weighted by atomic mass is 32.1. The van der Waals surface area contributed by atoms with Crippen molar-refractivity contribution in [3.8, 4) is 5.75 Å². The van der Waals surface area contributed by atoms with Gasteiger partial charge in [-0.05, 0) is 56.5 Å². The average molecular weight is 511 g/mol. The zero-order valence-corrected chi connectivity index (χ0v) is 21.6. The number of likely N-dealkylation sites (tertiary alicyclic amines) is 1. The molecule has 192 valence electrons. The summed E-state index contributed by atoms with van der Waals surface area (Å²) in [6, 6.07) is 5.80. The number of benzene rings is 1. The molecule has 1 aromatic carbocycles. The third-order valence-corrected chi connectivity index (χ3v) is 9.19. The first kappa shape index (κ1) is 23.9. The van der Waals surface area contributed by atoms with Crippen molar-refractivity contribution < 1.29 is 19.4 Å². The lowest BCUT2D eigenvalue weighted by Crippen LogP contribution is -2.56. The summed E-state index contributed by atoms with van der Waals surface area (Å²) in [6.45, 7) is 4.57. The highest BCUT2D eigenvalue weighted by Gasteiger charge is 2.49. The molecule has 0 saturated carbocycles. The van der Waals surface area contributed by atoms with Crippen molar-refractivity contribution in [1.29, 1.82) is 0 Å². The van der Waals surface area contributed by atoms with Gasteiger partial charge in [0.15, 0.2) is 0 Å². The number of amides is 1. The maximum absolute atomic E-state index is 13.9. The molecule has 36 heavy (non-hydrogen) atoms. The van der Waals surface area contributed by atoms with E-state index in [0.717, 1.165) is 67.3 Å². The number of fused-ring (bicyclic) bond motifs is 4. The predicted molar refractivity (Wildman–Crippen MR) is 138 cm³/mol. The van der Waals surface area contributed by atoms with Crippen LogP contribution >= 0.6 is 11.3 Å². The summed E-state index contributed by atoms with van der Waals surface area (Å²) < 4.78 is 11.0. The highest BCUT2D eigenvalue weighted by Crippen LogP contribution is 2.49. The Bertz CT molecular complexity index is 1210. The number of thiazole rings is 1. The molecule has 2 fully saturated rings. The molecule has 3 aromatic rings. The molecule has 5 heterocycles. The summed E-state index contributed by atoms with van der Waals surface area (Å²) >= 11 is 1.70. The average Bonchev–Trinajstić information content (AvgIpc) is 3.58. The summed E-state index contributed by atoms with van der Waals surface area (Å²) in [5, 5.41) is 14.9. The number of nitrogens with zero attached hydrogens (tertiary/aromatic N) is 3. The lowest BCUT2D eigenvalue weighted by Gasteiger charge is -2.51. The third kappa shape index (κ3) is 4.12. The lowest BCUT2D eigenvalue weighted by molar-refractivity contribution is -0.144. The minimum Gasteiger partial charge on any atom is -0.497 e. The second-order valence-corrected chi connectivity index (χ2v) is 11.3. The first-order valence-corrected chi connectivity index (χ1v) is 13.8. The van der Waals surface area contributed by atoms with Gasteiger partial charge in [-0.2, -0.15) is 0 Å². The van der Waals surface area contributed by atoms with Crippen molar-refractivity contribution in [2.75, 3.05) is 46.6 Å². The standard InChI is InChI=1S/C27H34N4O4S/c1-34-19-2-3-20-21(14-19)29-25-22(16-32)31(26(33)18-4-11-35-12-5-18)17-27(24(20)25)6-9-30(10-7-27)15-23-28-8-13-36-23/h2-3,8,13-14,18,22,29,32H,4-7,9-12,15-17H2,1H3/t22-/m1/s1. The quantitative estimate of drug-likeness (QED) is 0.546. The number of aliphatic hydroxyl groups excluding tert-OH is 1. The minimum atomic E-state index is -0.368. The number of aromatic nitrogens is 2. The Morgan fingerprint density at radius 1 is 1.31 bits per heavy atom. The topological polar surface area (TPSA) is 90.9 Å². The SMILES string of the molecule is COc1ccc2c3c([nH]c2c1)[C@@H](CO)N(C(=O)C1CCOCC1)CC31CCN(Cc2nccs2)CC1. The molecule has 0 radical (unpaired) electrons. The van der Waals surface area contributed by atoms with E-state index in [1.54, 1.807) is 18.4 Å². The minimum absolute atomic E-state index is 0.0409. The number of aromatic amines is 1. The van der Waals surface area contributed by atoms with Gasteiger partial charge in [0, 0.05) is 65.3 Å². The number of aliphatic hydroxyl groups is 1. The van der Waals surface area contributed by atoms with E-state index in [1.165, 1.54) is 10.9 Å². The fraction of sp³-hybridized carbons (Fsp3) is 0.556. The fourth-order valence-electron chi connectivity index (χ4n) is 6.49. The number of ether oxygens (including phenoxy) is 2. The number of nitrogens with one attached hydrogen (secondary N) is 1. The molecule has 2 aromatic heterocycles. The molecular formula is C27H34N4O4S. The molecule has 2 N–H and O–H groups in total. The van der Waals surface area contributed by atoms with E-state index in [1.807, 2.05) is 28.6 Å². The van der Waals surface area contributed by atoms with Crippen LogP contribution in [0, 0.1) is 5.92 Å². The van der Waals surface area contributed by atoms with Gasteiger partial charge in [-0.15, -0.1) is 11.3 Å². The van der Waals surface area contributed by atoms with Gasteiger partial charge in [0.25, 0.3) is 0 Å². The summed E-state index contributed by atoms with van der Waals surface area (Å²) in [4.78, 5) is 26.4. The third-order valence-electron chi connectivity index (χ3n) is 8.43. The lowest BCUT2D eigenvalue weighted by atomic mass is 9.68. The zero-order chi connectivity index (χ0) is 24.7. The predicted octanol–water partition coefficient (Wildman–Crippen LogP) is 3.47. The normalized spacial score (nSPS) is 22.7. The Hall–Kier alpha value is -2.46. The van der Waals surface area contributed by atoms with Crippen LogP contribution in [0.2, 0.25) is 0 Å². The van der Waals surface area contributed by atoms with Crippen molar-refractivity contribution in [3.63, 3.8) is 0 Å². The van der Waals surface area contributed by atoms with Gasteiger partial charge >= 0.3 is 0 Å². The Morgan fingerprint density at radius 3 is 2.81 bits per heavy atom. The molecule has 0 aliphatic carbocycles. The zero-order valence-electron chi connectivity index (χ0n) is 20.7. The smallest absolute Gasteiger partial charge is 0.226 e. The molecule has 6 rings (SSSR count). The molecule has 1 atom stereocenters. The summed E-state index contributed by atoms with van der Waals surface area (Å²) in [6.07, 6.45) is 5.28. The first-order chi connectivity index (χ1) is 17.6. The number of rotatable bonds is 5. The Labute approximate surface area is 215 Å². The summed E-state index contributed by atoms with van der Waals surface area (Å²) in [5.74, 6) is 0.911. The van der Waals surface area contributed by atoms with Crippen molar-refractivity contribution in [2.24, 2.45) is 5.92 Å². The Balaban J connectivity index is 1.38. The van der Waals surface area contributed by atoms with Gasteiger partial charge in [0.05, 0.1) is 26.3 Å². The van der Waals surface area contributed by atoms with Crippen LogP contribution in [0.3, 0.4) is 0 Å². The van der Waals surface area contributed by atoms with Crippen molar-refractivity contribution in [1.82, 2.24) is 19.8 Å². The monoisotopic (exact) mass is 510 g/mol. The molecule has 2 saturated heterocycles. The second-order valence-electron chi connectivity index (χ2n) is 10.4. The van der Waals surface area contributed by atoms with Crippen molar-refractivity contribution in [3.05, 3.63) is 46.0 Å². The maximum Gasteiger partial charge on any atom is 0.226 e. The van der Waals surface area contributed by atoms with Gasteiger partial charge < -0.3 is 24.5 Å². The molecule has 3 aliphatic rings. The van der Waals surface area contributed by atoms with Crippen LogP contribution in [0.25, 0.3) is 10.9 Å². The van der Waals surface area contributed by atoms with E-state index in [-0.39, 0.29) is 29.9 Å². The number of H-pyrrole nitrogens is 1. The van der Waals surface area contributed by atoms with Crippen LogP contribution in [0.4, 0.5) is 0 Å². The fourth-order valence-corrected chi connectivity index (χ4v) is 7.14. The van der Waals surface area contributed by atoms with E-state index in [0.29, 0.717) is 19.8 Å². The van der Waals surface area contributed by atoms with Crippen LogP contribution in [-0.2, 0) is 21.5 Å². The molecule has 9 heteroatoms. The van der Waals surface area contributed by atoms with E-state index in [9.17, 15) is 9.90 Å². The molecule has 1 spiro atoms. The molecular weight excluding hydrogens is 476 g/mol. The summed E-state index contributed by atoms with van der Waals surface area (Å²) in [7, 11) is 1.68. The van der Waals surface area contributed by atoms with Gasteiger partial charge in [-0.25, -0.2) is 4.98 Å². The molecule has 1 amide bonds. The van der Waals surface area contributed by atoms with Gasteiger partial charge in [-0.1, -0.05) is 0 Å². The second kappa shape index (κ2) is 9.78. The van der Waals surface area contributed by atoms with Gasteiger partial charge in [-0.3, -0.25) is 9.69 Å². The largest absolute Gasteiger partial charge is 0.497 e. The number of piperidine rings is 1. The number of methoxy groups -OCH3 is 1.